The number of carbonyl (C=O) groups excluding carboxylic acids is 2. The molecule has 0 aliphatic carbocycles. The lowest BCUT2D eigenvalue weighted by Gasteiger charge is -2.40. The molecule has 1 heterocycles. The van der Waals surface area contributed by atoms with E-state index in [1.165, 1.54) is 0 Å². The number of halogens is 1. The van der Waals surface area contributed by atoms with Crippen LogP contribution in [0.1, 0.15) is 70.6 Å². The van der Waals surface area contributed by atoms with Gasteiger partial charge in [-0.2, -0.15) is 0 Å². The molecule has 10 heteroatoms. The normalized spacial score (nSPS) is 12.8. The van der Waals surface area contributed by atoms with Gasteiger partial charge in [0.1, 0.15) is 11.3 Å². The number of rotatable bonds is 12. The molecule has 0 aliphatic heterocycles. The van der Waals surface area contributed by atoms with Crippen LogP contribution in [0.3, 0.4) is 0 Å². The summed E-state index contributed by atoms with van der Waals surface area (Å²) in [5.41, 5.74) is 2.87. The van der Waals surface area contributed by atoms with Gasteiger partial charge in [0.2, 0.25) is 0 Å². The molecule has 3 aromatic rings. The van der Waals surface area contributed by atoms with E-state index in [2.05, 4.69) is 44.2 Å². The molecule has 1 N–H and O–H groups in total. The first kappa shape index (κ1) is 36.1. The molecule has 0 fully saturated rings. The van der Waals surface area contributed by atoms with E-state index in [1.54, 1.807) is 24.0 Å². The second-order valence-corrected chi connectivity index (χ2v) is 18.7. The fourth-order valence-electron chi connectivity index (χ4n) is 4.27. The van der Waals surface area contributed by atoms with Gasteiger partial charge in [-0.25, -0.2) is 14.6 Å². The van der Waals surface area contributed by atoms with E-state index in [-0.39, 0.29) is 17.3 Å². The molecule has 244 valence electrons. The second kappa shape index (κ2) is 15.3. The summed E-state index contributed by atoms with van der Waals surface area (Å²) in [6, 6.07) is 20.7. The standard InChI is InChI=1S/C35H48ClN3O5Si/c1-10-42-32(40)30-19-13-18-29(38-30)25-14-12-17-28(23-25)37-20-21-39(33(41)43-34(2,3)4)24-31(26-15-11-16-27(36)22-26)44-45(8,9)35(5,6)7/h11-19,22-23,31,37H,10,20-21,24H2,1-9H3. The highest BCUT2D eigenvalue weighted by Gasteiger charge is 2.40. The van der Waals surface area contributed by atoms with Gasteiger partial charge in [0.05, 0.1) is 24.9 Å². The summed E-state index contributed by atoms with van der Waals surface area (Å²) in [5.74, 6) is -0.454. The van der Waals surface area contributed by atoms with E-state index in [0.717, 1.165) is 16.8 Å². The Balaban J connectivity index is 1.83. The Labute approximate surface area is 274 Å². The quantitative estimate of drug-likeness (QED) is 0.154. The van der Waals surface area contributed by atoms with Crippen LogP contribution in [0.25, 0.3) is 11.3 Å². The predicted molar refractivity (Wildman–Crippen MR) is 184 cm³/mol. The highest BCUT2D eigenvalue weighted by molar-refractivity contribution is 6.74. The SMILES string of the molecule is CCOC(=O)c1cccc(-c2cccc(NCCN(CC(O[Si](C)(C)C(C)(C)C)c3cccc(Cl)c3)C(=O)OC(C)(C)C)c2)n1. The number of benzene rings is 2. The first-order valence-electron chi connectivity index (χ1n) is 15.4. The van der Waals surface area contributed by atoms with Crippen LogP contribution in [-0.2, 0) is 13.9 Å². The Morgan fingerprint density at radius 1 is 0.978 bits per heavy atom. The minimum atomic E-state index is -2.23. The summed E-state index contributed by atoms with van der Waals surface area (Å²) in [6.07, 6.45) is -0.804. The number of hydrogen-bond acceptors (Lipinski definition) is 7. The summed E-state index contributed by atoms with van der Waals surface area (Å²) in [6.45, 7) is 19.7. The summed E-state index contributed by atoms with van der Waals surface area (Å²) in [4.78, 5) is 31.9. The van der Waals surface area contributed by atoms with Crippen molar-refractivity contribution in [3.8, 4) is 11.3 Å². The Morgan fingerprint density at radius 3 is 2.31 bits per heavy atom. The third-order valence-electron chi connectivity index (χ3n) is 7.60. The highest BCUT2D eigenvalue weighted by Crippen LogP contribution is 2.40. The molecular weight excluding hydrogens is 606 g/mol. The van der Waals surface area contributed by atoms with Gasteiger partial charge in [0.25, 0.3) is 0 Å². The number of pyridine rings is 1. The molecule has 1 amide bonds. The topological polar surface area (TPSA) is 90.0 Å². The van der Waals surface area contributed by atoms with E-state index >= 15 is 0 Å². The molecule has 0 saturated heterocycles. The third-order valence-corrected chi connectivity index (χ3v) is 12.3. The van der Waals surface area contributed by atoms with E-state index in [9.17, 15) is 9.59 Å². The Bertz CT molecular complexity index is 1450. The Hall–Kier alpha value is -3.40. The molecule has 1 unspecified atom stereocenters. The van der Waals surface area contributed by atoms with Gasteiger partial charge in [0, 0.05) is 29.4 Å². The van der Waals surface area contributed by atoms with Gasteiger partial charge in [-0.3, -0.25) is 0 Å². The predicted octanol–water partition coefficient (Wildman–Crippen LogP) is 8.99. The van der Waals surface area contributed by atoms with Crippen molar-refractivity contribution in [2.45, 2.75) is 78.3 Å². The first-order valence-corrected chi connectivity index (χ1v) is 18.7. The van der Waals surface area contributed by atoms with Crippen LogP contribution in [0, 0.1) is 0 Å². The molecule has 0 radical (unpaired) electrons. The number of esters is 1. The number of hydrogen-bond donors (Lipinski definition) is 1. The fraction of sp³-hybridized carbons (Fsp3) is 0.457. The van der Waals surface area contributed by atoms with Crippen LogP contribution in [0.2, 0.25) is 23.2 Å². The van der Waals surface area contributed by atoms with Crippen molar-refractivity contribution in [3.63, 3.8) is 0 Å². The fourth-order valence-corrected chi connectivity index (χ4v) is 5.75. The van der Waals surface area contributed by atoms with Crippen molar-refractivity contribution in [2.75, 3.05) is 31.6 Å². The smallest absolute Gasteiger partial charge is 0.410 e. The minimum Gasteiger partial charge on any atom is -0.461 e. The van der Waals surface area contributed by atoms with Crippen molar-refractivity contribution in [2.24, 2.45) is 0 Å². The van der Waals surface area contributed by atoms with E-state index < -0.39 is 32.1 Å². The maximum atomic E-state index is 13.5. The third kappa shape index (κ3) is 10.9. The molecule has 0 spiro atoms. The molecule has 2 aromatic carbocycles. The van der Waals surface area contributed by atoms with Gasteiger partial charge >= 0.3 is 12.1 Å². The lowest BCUT2D eigenvalue weighted by atomic mass is 10.1. The first-order chi connectivity index (χ1) is 21.0. The van der Waals surface area contributed by atoms with Crippen LogP contribution < -0.4 is 5.32 Å². The van der Waals surface area contributed by atoms with Crippen molar-refractivity contribution >= 4 is 37.7 Å². The minimum absolute atomic E-state index is 0.0299. The van der Waals surface area contributed by atoms with Crippen LogP contribution in [0.4, 0.5) is 10.5 Å². The average Bonchev–Trinajstić information content (AvgIpc) is 2.95. The molecular formula is C35H48ClN3O5Si. The van der Waals surface area contributed by atoms with E-state index in [0.29, 0.717) is 30.4 Å². The van der Waals surface area contributed by atoms with Crippen LogP contribution in [0.15, 0.2) is 66.7 Å². The number of anilines is 1. The molecule has 3 rings (SSSR count). The molecule has 0 aliphatic rings. The second-order valence-electron chi connectivity index (χ2n) is 13.5. The molecule has 45 heavy (non-hydrogen) atoms. The van der Waals surface area contributed by atoms with Crippen molar-refractivity contribution in [1.29, 1.82) is 0 Å². The largest absolute Gasteiger partial charge is 0.461 e. The lowest BCUT2D eigenvalue weighted by molar-refractivity contribution is 0.0165. The van der Waals surface area contributed by atoms with Crippen LogP contribution in [-0.4, -0.2) is 62.1 Å². The summed E-state index contributed by atoms with van der Waals surface area (Å²) >= 11 is 6.40. The zero-order chi connectivity index (χ0) is 33.4. The van der Waals surface area contributed by atoms with Crippen LogP contribution >= 0.6 is 11.6 Å². The number of amides is 1. The summed E-state index contributed by atoms with van der Waals surface area (Å²) in [7, 11) is -2.23. The highest BCUT2D eigenvalue weighted by atomic mass is 35.5. The van der Waals surface area contributed by atoms with Crippen molar-refractivity contribution < 1.29 is 23.5 Å². The maximum Gasteiger partial charge on any atom is 0.410 e. The maximum absolute atomic E-state index is 13.5. The van der Waals surface area contributed by atoms with E-state index in [1.807, 2.05) is 75.4 Å². The summed E-state index contributed by atoms with van der Waals surface area (Å²) in [5, 5.41) is 4.02. The van der Waals surface area contributed by atoms with Gasteiger partial charge in [-0.15, -0.1) is 0 Å². The zero-order valence-corrected chi connectivity index (χ0v) is 29.8. The average molecular weight is 654 g/mol. The van der Waals surface area contributed by atoms with Crippen molar-refractivity contribution in [1.82, 2.24) is 9.88 Å². The Kier molecular flexibility index (Phi) is 12.2. The van der Waals surface area contributed by atoms with Gasteiger partial charge in [-0.05, 0) is 87.8 Å². The van der Waals surface area contributed by atoms with Gasteiger partial charge in [0.15, 0.2) is 8.32 Å². The number of ether oxygens (including phenoxy) is 2. The molecule has 1 aromatic heterocycles. The molecule has 1 atom stereocenters. The monoisotopic (exact) mass is 653 g/mol. The van der Waals surface area contributed by atoms with Gasteiger partial charge < -0.3 is 24.1 Å². The molecule has 0 saturated carbocycles. The molecule has 8 nitrogen and oxygen atoms in total. The number of nitrogens with one attached hydrogen (secondary N) is 1. The van der Waals surface area contributed by atoms with Crippen LogP contribution in [0.5, 0.6) is 0 Å². The van der Waals surface area contributed by atoms with Gasteiger partial charge in [-0.1, -0.05) is 62.7 Å². The Morgan fingerprint density at radius 2 is 1.67 bits per heavy atom. The zero-order valence-electron chi connectivity index (χ0n) is 28.1. The summed E-state index contributed by atoms with van der Waals surface area (Å²) < 4.78 is 17.8. The number of aromatic nitrogens is 1. The van der Waals surface area contributed by atoms with E-state index in [4.69, 9.17) is 25.5 Å². The number of nitrogens with zero attached hydrogens (tertiary/aromatic N) is 2. The number of carbonyl (C=O) groups is 2. The molecule has 0 bridgehead atoms. The van der Waals surface area contributed by atoms with Crippen molar-refractivity contribution in [3.05, 3.63) is 83.0 Å². The lowest BCUT2D eigenvalue weighted by Crippen LogP contribution is -2.46.